The van der Waals surface area contributed by atoms with Gasteiger partial charge in [0, 0.05) is 38.8 Å². The second-order valence-corrected chi connectivity index (χ2v) is 6.03. The van der Waals surface area contributed by atoms with Gasteiger partial charge in [-0.25, -0.2) is 0 Å². The van der Waals surface area contributed by atoms with E-state index in [2.05, 4.69) is 16.3 Å². The van der Waals surface area contributed by atoms with E-state index in [-0.39, 0.29) is 0 Å². The lowest BCUT2D eigenvalue weighted by molar-refractivity contribution is -0.149. The first-order valence-corrected chi connectivity index (χ1v) is 7.00. The van der Waals surface area contributed by atoms with Crippen LogP contribution in [0.2, 0.25) is 0 Å². The van der Waals surface area contributed by atoms with Crippen LogP contribution in [0.3, 0.4) is 0 Å². The molecule has 1 heterocycles. The Morgan fingerprint density at radius 2 is 1.60 bits per heavy atom. The molecule has 1 atom stereocenters. The van der Waals surface area contributed by atoms with E-state index in [9.17, 15) is 18.4 Å². The van der Waals surface area contributed by atoms with Crippen LogP contribution < -0.4 is 5.32 Å². The Bertz CT molecular complexity index is 367. The predicted molar refractivity (Wildman–Crippen MR) is 69.1 cm³/mol. The number of nitrogens with one attached hydrogen (secondary N) is 1. The SMILES string of the molecule is CC(C#N)(CN1CCN(CC(F)(F)F)CC1)NC1CC1. The highest BCUT2D eigenvalue weighted by Crippen LogP contribution is 2.23. The molecule has 1 aliphatic carbocycles. The van der Waals surface area contributed by atoms with Gasteiger partial charge in [0.25, 0.3) is 0 Å². The molecule has 0 spiro atoms. The summed E-state index contributed by atoms with van der Waals surface area (Å²) in [6, 6.07) is 2.74. The number of nitrogens with zero attached hydrogens (tertiary/aromatic N) is 3. The lowest BCUT2D eigenvalue weighted by atomic mass is 10.0. The van der Waals surface area contributed by atoms with E-state index < -0.39 is 18.3 Å². The molecule has 0 amide bonds. The standard InChI is InChI=1S/C13H21F3N4/c1-12(8-17,18-11-2-3-11)9-19-4-6-20(7-5-19)10-13(14,15)16/h11,18H,2-7,9-10H2,1H3. The molecule has 0 radical (unpaired) electrons. The van der Waals surface area contributed by atoms with E-state index in [1.807, 2.05) is 6.92 Å². The molecule has 1 aliphatic heterocycles. The van der Waals surface area contributed by atoms with Gasteiger partial charge in [-0.2, -0.15) is 18.4 Å². The molecule has 1 saturated heterocycles. The highest BCUT2D eigenvalue weighted by Gasteiger charge is 2.36. The number of nitriles is 1. The second kappa shape index (κ2) is 5.88. The van der Waals surface area contributed by atoms with Crippen LogP contribution in [-0.2, 0) is 0 Å². The Balaban J connectivity index is 1.77. The maximum atomic E-state index is 12.3. The fourth-order valence-corrected chi connectivity index (χ4v) is 2.60. The topological polar surface area (TPSA) is 42.3 Å². The largest absolute Gasteiger partial charge is 0.401 e. The van der Waals surface area contributed by atoms with Crippen LogP contribution in [0.25, 0.3) is 0 Å². The molecule has 1 saturated carbocycles. The van der Waals surface area contributed by atoms with E-state index in [1.54, 1.807) is 0 Å². The minimum atomic E-state index is -4.13. The molecule has 1 unspecified atom stereocenters. The summed E-state index contributed by atoms with van der Waals surface area (Å²) >= 11 is 0. The number of hydrogen-bond donors (Lipinski definition) is 1. The smallest absolute Gasteiger partial charge is 0.298 e. The fraction of sp³-hybridized carbons (Fsp3) is 0.923. The molecule has 0 aromatic carbocycles. The lowest BCUT2D eigenvalue weighted by Crippen LogP contribution is -2.56. The van der Waals surface area contributed by atoms with Crippen LogP contribution in [-0.4, -0.2) is 66.8 Å². The van der Waals surface area contributed by atoms with Gasteiger partial charge in [0.05, 0.1) is 12.6 Å². The van der Waals surface area contributed by atoms with Crippen molar-refractivity contribution in [2.45, 2.75) is 37.5 Å². The highest BCUT2D eigenvalue weighted by atomic mass is 19.4. The van der Waals surface area contributed by atoms with Crippen molar-refractivity contribution >= 4 is 0 Å². The summed E-state index contributed by atoms with van der Waals surface area (Å²) in [5.41, 5.74) is -0.604. The lowest BCUT2D eigenvalue weighted by Gasteiger charge is -2.38. The van der Waals surface area contributed by atoms with Crippen molar-refractivity contribution in [3.63, 3.8) is 0 Å². The third-order valence-electron chi connectivity index (χ3n) is 3.75. The summed E-state index contributed by atoms with van der Waals surface area (Å²) in [5.74, 6) is 0. The third kappa shape index (κ3) is 4.93. The number of alkyl halides is 3. The maximum Gasteiger partial charge on any atom is 0.401 e. The molecular weight excluding hydrogens is 269 g/mol. The summed E-state index contributed by atoms with van der Waals surface area (Å²) in [6.07, 6.45) is -1.91. The number of rotatable bonds is 5. The van der Waals surface area contributed by atoms with Gasteiger partial charge < -0.3 is 0 Å². The summed E-state index contributed by atoms with van der Waals surface area (Å²) in [4.78, 5) is 3.50. The molecule has 2 aliphatic rings. The van der Waals surface area contributed by atoms with Crippen molar-refractivity contribution in [2.75, 3.05) is 39.3 Å². The van der Waals surface area contributed by atoms with E-state index in [1.165, 1.54) is 4.90 Å². The van der Waals surface area contributed by atoms with Gasteiger partial charge in [0.2, 0.25) is 0 Å². The van der Waals surface area contributed by atoms with Crippen molar-refractivity contribution in [3.8, 4) is 6.07 Å². The highest BCUT2D eigenvalue weighted by molar-refractivity contribution is 5.09. The van der Waals surface area contributed by atoms with Crippen LogP contribution in [0.1, 0.15) is 19.8 Å². The zero-order valence-corrected chi connectivity index (χ0v) is 11.7. The predicted octanol–water partition coefficient (Wildman–Crippen LogP) is 1.20. The Morgan fingerprint density at radius 3 is 2.00 bits per heavy atom. The van der Waals surface area contributed by atoms with Crippen LogP contribution in [0, 0.1) is 11.3 Å². The molecule has 0 bridgehead atoms. The molecule has 4 nitrogen and oxygen atoms in total. The number of piperazine rings is 1. The second-order valence-electron chi connectivity index (χ2n) is 6.03. The van der Waals surface area contributed by atoms with Crippen molar-refractivity contribution in [3.05, 3.63) is 0 Å². The summed E-state index contributed by atoms with van der Waals surface area (Å²) in [5, 5.41) is 12.6. The average Bonchev–Trinajstić information content (AvgIpc) is 3.14. The van der Waals surface area contributed by atoms with Gasteiger partial charge in [-0.1, -0.05) is 0 Å². The fourth-order valence-electron chi connectivity index (χ4n) is 2.60. The summed E-state index contributed by atoms with van der Waals surface area (Å²) in [7, 11) is 0. The van der Waals surface area contributed by atoms with Crippen molar-refractivity contribution in [1.29, 1.82) is 5.26 Å². The molecular formula is C13H21F3N4. The normalized spacial score (nSPS) is 25.1. The summed E-state index contributed by atoms with van der Waals surface area (Å²) < 4.78 is 36.9. The molecule has 2 fully saturated rings. The number of halogens is 3. The van der Waals surface area contributed by atoms with Gasteiger partial charge in [0.15, 0.2) is 0 Å². The van der Waals surface area contributed by atoms with E-state index >= 15 is 0 Å². The molecule has 0 aromatic heterocycles. The molecule has 0 aromatic rings. The van der Waals surface area contributed by atoms with Crippen molar-refractivity contribution in [2.24, 2.45) is 0 Å². The Kier molecular flexibility index (Phi) is 4.57. The molecule has 114 valence electrons. The van der Waals surface area contributed by atoms with Gasteiger partial charge in [-0.3, -0.25) is 15.1 Å². The first-order chi connectivity index (χ1) is 9.30. The molecule has 7 heteroatoms. The first kappa shape index (κ1) is 15.5. The van der Waals surface area contributed by atoms with Gasteiger partial charge in [-0.05, 0) is 19.8 Å². The van der Waals surface area contributed by atoms with E-state index in [0.717, 1.165) is 12.8 Å². The Morgan fingerprint density at radius 1 is 1.10 bits per heavy atom. The zero-order valence-electron chi connectivity index (χ0n) is 11.7. The number of hydrogen-bond acceptors (Lipinski definition) is 4. The van der Waals surface area contributed by atoms with Gasteiger partial charge in [-0.15, -0.1) is 0 Å². The van der Waals surface area contributed by atoms with Crippen LogP contribution in [0.5, 0.6) is 0 Å². The maximum absolute atomic E-state index is 12.3. The average molecular weight is 290 g/mol. The van der Waals surface area contributed by atoms with E-state index in [0.29, 0.717) is 38.8 Å². The van der Waals surface area contributed by atoms with Crippen molar-refractivity contribution < 1.29 is 13.2 Å². The Hall–Kier alpha value is -0.840. The van der Waals surface area contributed by atoms with E-state index in [4.69, 9.17) is 0 Å². The van der Waals surface area contributed by atoms with Gasteiger partial charge >= 0.3 is 6.18 Å². The summed E-state index contributed by atoms with van der Waals surface area (Å²) in [6.45, 7) is 3.58. The van der Waals surface area contributed by atoms with Gasteiger partial charge in [0.1, 0.15) is 5.54 Å². The van der Waals surface area contributed by atoms with Crippen LogP contribution in [0.15, 0.2) is 0 Å². The van der Waals surface area contributed by atoms with Crippen molar-refractivity contribution in [1.82, 2.24) is 15.1 Å². The quantitative estimate of drug-likeness (QED) is 0.826. The first-order valence-electron chi connectivity index (χ1n) is 7.00. The van der Waals surface area contributed by atoms with Crippen LogP contribution >= 0.6 is 0 Å². The van der Waals surface area contributed by atoms with Crippen LogP contribution in [0.4, 0.5) is 13.2 Å². The molecule has 20 heavy (non-hydrogen) atoms. The minimum Gasteiger partial charge on any atom is -0.298 e. The third-order valence-corrected chi connectivity index (χ3v) is 3.75. The molecule has 2 rings (SSSR count). The molecule has 1 N–H and O–H groups in total. The Labute approximate surface area is 117 Å². The monoisotopic (exact) mass is 290 g/mol. The zero-order chi connectivity index (χ0) is 14.8. The minimum absolute atomic E-state index is 0.407.